The van der Waals surface area contributed by atoms with Gasteiger partial charge in [0.05, 0.1) is 0 Å². The summed E-state index contributed by atoms with van der Waals surface area (Å²) in [5.41, 5.74) is 4.61. The van der Waals surface area contributed by atoms with Crippen molar-refractivity contribution in [1.29, 1.82) is 0 Å². The second-order valence-corrected chi connectivity index (χ2v) is 5.57. The third-order valence-corrected chi connectivity index (χ3v) is 4.20. The minimum absolute atomic E-state index is 0.654. The van der Waals surface area contributed by atoms with Crippen molar-refractivity contribution in [3.63, 3.8) is 0 Å². The van der Waals surface area contributed by atoms with Crippen molar-refractivity contribution in [1.82, 2.24) is 0 Å². The third kappa shape index (κ3) is 1.53. The van der Waals surface area contributed by atoms with Crippen LogP contribution in [0.5, 0.6) is 0 Å². The summed E-state index contributed by atoms with van der Waals surface area (Å²) < 4.78 is 0. The molecule has 0 amide bonds. The quantitative estimate of drug-likeness (QED) is 0.690. The molecule has 1 nitrogen and oxygen atoms in total. The first-order valence-electron chi connectivity index (χ1n) is 6.65. The lowest BCUT2D eigenvalue weighted by molar-refractivity contribution is 0.585. The SMILES string of the molecule is CC(C)c1ccc2c(c1)CCC1CCCN21. The predicted octanol–water partition coefficient (Wildman–Crippen LogP) is 3.73. The van der Waals surface area contributed by atoms with Gasteiger partial charge in [-0.25, -0.2) is 0 Å². The Morgan fingerprint density at radius 1 is 1.25 bits per heavy atom. The van der Waals surface area contributed by atoms with Gasteiger partial charge < -0.3 is 4.90 Å². The Kier molecular flexibility index (Phi) is 2.42. The van der Waals surface area contributed by atoms with Crippen molar-refractivity contribution < 1.29 is 0 Å². The largest absolute Gasteiger partial charge is 0.368 e. The first-order chi connectivity index (χ1) is 7.75. The van der Waals surface area contributed by atoms with Crippen LogP contribution in [-0.2, 0) is 6.42 Å². The Bertz CT molecular complexity index is 394. The molecule has 0 bridgehead atoms. The molecule has 3 rings (SSSR count). The van der Waals surface area contributed by atoms with Gasteiger partial charge in [-0.1, -0.05) is 26.0 Å². The van der Waals surface area contributed by atoms with Crippen LogP contribution in [0.1, 0.15) is 50.2 Å². The summed E-state index contributed by atoms with van der Waals surface area (Å²) in [6.07, 6.45) is 5.45. The van der Waals surface area contributed by atoms with Crippen molar-refractivity contribution in [3.05, 3.63) is 29.3 Å². The van der Waals surface area contributed by atoms with Crippen LogP contribution < -0.4 is 4.90 Å². The molecule has 1 heteroatoms. The Hall–Kier alpha value is -0.980. The lowest BCUT2D eigenvalue weighted by Gasteiger charge is -2.34. The molecule has 1 aromatic carbocycles. The fraction of sp³-hybridized carbons (Fsp3) is 0.600. The zero-order valence-corrected chi connectivity index (χ0v) is 10.4. The topological polar surface area (TPSA) is 3.24 Å². The standard InChI is InChI=1S/C15H21N/c1-11(2)12-6-8-15-13(10-12)5-7-14-4-3-9-16(14)15/h6,8,10-11,14H,3-5,7,9H2,1-2H3. The maximum absolute atomic E-state index is 2.64. The fourth-order valence-electron chi connectivity index (χ4n) is 3.22. The smallest absolute Gasteiger partial charge is 0.0401 e. The molecule has 0 N–H and O–H groups in total. The minimum Gasteiger partial charge on any atom is -0.368 e. The number of benzene rings is 1. The first-order valence-corrected chi connectivity index (χ1v) is 6.65. The first kappa shape index (κ1) is 10.2. The number of hydrogen-bond donors (Lipinski definition) is 0. The number of anilines is 1. The highest BCUT2D eigenvalue weighted by atomic mass is 15.2. The van der Waals surface area contributed by atoms with E-state index in [-0.39, 0.29) is 0 Å². The highest BCUT2D eigenvalue weighted by molar-refractivity contribution is 5.58. The zero-order valence-electron chi connectivity index (χ0n) is 10.4. The minimum atomic E-state index is 0.654. The van der Waals surface area contributed by atoms with Crippen LogP contribution in [0, 0.1) is 0 Å². The summed E-state index contributed by atoms with van der Waals surface area (Å²) in [5.74, 6) is 0.654. The number of aryl methyl sites for hydroxylation is 1. The van der Waals surface area contributed by atoms with Crippen molar-refractivity contribution in [2.45, 2.75) is 51.5 Å². The van der Waals surface area contributed by atoms with Crippen molar-refractivity contribution in [3.8, 4) is 0 Å². The summed E-state index contributed by atoms with van der Waals surface area (Å²) >= 11 is 0. The van der Waals surface area contributed by atoms with Crippen LogP contribution in [0.15, 0.2) is 18.2 Å². The Labute approximate surface area is 98.5 Å². The molecule has 2 heterocycles. The number of hydrogen-bond acceptors (Lipinski definition) is 1. The molecule has 0 saturated carbocycles. The van der Waals surface area contributed by atoms with E-state index >= 15 is 0 Å². The van der Waals surface area contributed by atoms with Crippen LogP contribution in [0.25, 0.3) is 0 Å². The van der Waals surface area contributed by atoms with Gasteiger partial charge >= 0.3 is 0 Å². The van der Waals surface area contributed by atoms with Gasteiger partial charge in [0.25, 0.3) is 0 Å². The van der Waals surface area contributed by atoms with Gasteiger partial charge in [-0.05, 0) is 48.8 Å². The van der Waals surface area contributed by atoms with Gasteiger partial charge in [-0.3, -0.25) is 0 Å². The van der Waals surface area contributed by atoms with Gasteiger partial charge in [0.1, 0.15) is 0 Å². The molecule has 0 radical (unpaired) electrons. The maximum atomic E-state index is 2.64. The van der Waals surface area contributed by atoms with Gasteiger partial charge in [-0.15, -0.1) is 0 Å². The molecule has 86 valence electrons. The molecule has 1 unspecified atom stereocenters. The average Bonchev–Trinajstić information content (AvgIpc) is 2.76. The molecular weight excluding hydrogens is 194 g/mol. The van der Waals surface area contributed by atoms with Crippen molar-refractivity contribution in [2.75, 3.05) is 11.4 Å². The summed E-state index contributed by atoms with van der Waals surface area (Å²) in [5, 5.41) is 0. The third-order valence-electron chi connectivity index (χ3n) is 4.20. The van der Waals surface area contributed by atoms with E-state index in [0.29, 0.717) is 5.92 Å². The number of fused-ring (bicyclic) bond motifs is 3. The molecule has 2 aliphatic heterocycles. The zero-order chi connectivity index (χ0) is 11.1. The molecule has 0 spiro atoms. The van der Waals surface area contributed by atoms with E-state index in [0.717, 1.165) is 6.04 Å². The Morgan fingerprint density at radius 2 is 2.12 bits per heavy atom. The van der Waals surface area contributed by atoms with Crippen molar-refractivity contribution in [2.24, 2.45) is 0 Å². The molecule has 1 fully saturated rings. The van der Waals surface area contributed by atoms with Crippen LogP contribution in [-0.4, -0.2) is 12.6 Å². The Morgan fingerprint density at radius 3 is 2.94 bits per heavy atom. The monoisotopic (exact) mass is 215 g/mol. The van der Waals surface area contributed by atoms with Gasteiger partial charge in [0.15, 0.2) is 0 Å². The van der Waals surface area contributed by atoms with Gasteiger partial charge in [0, 0.05) is 18.3 Å². The van der Waals surface area contributed by atoms with Crippen LogP contribution >= 0.6 is 0 Å². The van der Waals surface area contributed by atoms with Crippen LogP contribution in [0.3, 0.4) is 0 Å². The number of rotatable bonds is 1. The van der Waals surface area contributed by atoms with E-state index in [2.05, 4.69) is 36.9 Å². The second-order valence-electron chi connectivity index (χ2n) is 5.57. The maximum Gasteiger partial charge on any atom is 0.0401 e. The molecule has 1 atom stereocenters. The predicted molar refractivity (Wildman–Crippen MR) is 69.2 cm³/mol. The Balaban J connectivity index is 1.99. The summed E-state index contributed by atoms with van der Waals surface area (Å²) in [6.45, 7) is 5.84. The van der Waals surface area contributed by atoms with E-state index in [4.69, 9.17) is 0 Å². The normalized spacial score (nSPS) is 23.4. The van der Waals surface area contributed by atoms with E-state index in [1.165, 1.54) is 43.5 Å². The molecule has 16 heavy (non-hydrogen) atoms. The number of nitrogens with zero attached hydrogens (tertiary/aromatic N) is 1. The van der Waals surface area contributed by atoms with Crippen molar-refractivity contribution >= 4 is 5.69 Å². The van der Waals surface area contributed by atoms with Crippen LogP contribution in [0.2, 0.25) is 0 Å². The molecule has 2 aliphatic rings. The highest BCUT2D eigenvalue weighted by Crippen LogP contribution is 2.37. The summed E-state index contributed by atoms with van der Waals surface area (Å²) in [7, 11) is 0. The fourth-order valence-corrected chi connectivity index (χ4v) is 3.22. The van der Waals surface area contributed by atoms with E-state index in [1.54, 1.807) is 5.56 Å². The molecular formula is C15H21N. The lowest BCUT2D eigenvalue weighted by Crippen LogP contribution is -2.33. The van der Waals surface area contributed by atoms with Gasteiger partial charge in [-0.2, -0.15) is 0 Å². The van der Waals surface area contributed by atoms with E-state index in [1.807, 2.05) is 0 Å². The highest BCUT2D eigenvalue weighted by Gasteiger charge is 2.29. The van der Waals surface area contributed by atoms with Gasteiger partial charge in [0.2, 0.25) is 0 Å². The second kappa shape index (κ2) is 3.80. The molecule has 1 aromatic rings. The molecule has 1 saturated heterocycles. The van der Waals surface area contributed by atoms with E-state index in [9.17, 15) is 0 Å². The molecule has 0 aliphatic carbocycles. The summed E-state index contributed by atoms with van der Waals surface area (Å²) in [4.78, 5) is 2.64. The van der Waals surface area contributed by atoms with E-state index < -0.39 is 0 Å². The lowest BCUT2D eigenvalue weighted by atomic mass is 9.92. The average molecular weight is 215 g/mol. The molecule has 0 aromatic heterocycles. The summed E-state index contributed by atoms with van der Waals surface area (Å²) in [6, 6.07) is 7.97. The van der Waals surface area contributed by atoms with Crippen LogP contribution in [0.4, 0.5) is 5.69 Å².